The summed E-state index contributed by atoms with van der Waals surface area (Å²) in [5, 5.41) is 0.356. The van der Waals surface area contributed by atoms with Gasteiger partial charge in [0.2, 0.25) is 5.91 Å². The second-order valence-corrected chi connectivity index (χ2v) is 5.00. The van der Waals surface area contributed by atoms with Gasteiger partial charge in [-0.3, -0.25) is 4.79 Å². The smallest absolute Gasteiger partial charge is 0.249 e. The number of ether oxygens (including phenoxy) is 1. The van der Waals surface area contributed by atoms with Crippen molar-refractivity contribution in [2.24, 2.45) is 0 Å². The number of rotatable bonds is 6. The third-order valence-electron chi connectivity index (χ3n) is 3.13. The van der Waals surface area contributed by atoms with Gasteiger partial charge in [-0.05, 0) is 31.9 Å². The van der Waals surface area contributed by atoms with Gasteiger partial charge in [-0.1, -0.05) is 17.7 Å². The van der Waals surface area contributed by atoms with Crippen molar-refractivity contribution in [3.63, 3.8) is 0 Å². The first kappa shape index (κ1) is 14.3. The lowest BCUT2D eigenvalue weighted by molar-refractivity contribution is -0.137. The second-order valence-electron chi connectivity index (χ2n) is 4.59. The normalized spacial score (nSPS) is 14.5. The van der Waals surface area contributed by atoms with E-state index in [1.165, 1.54) is 6.07 Å². The molecule has 1 saturated carbocycles. The zero-order valence-corrected chi connectivity index (χ0v) is 11.6. The van der Waals surface area contributed by atoms with Crippen molar-refractivity contribution in [2.45, 2.75) is 32.4 Å². The molecule has 0 radical (unpaired) electrons. The van der Waals surface area contributed by atoms with Crippen molar-refractivity contribution in [3.05, 3.63) is 34.6 Å². The van der Waals surface area contributed by atoms with Crippen LogP contribution >= 0.6 is 11.6 Å². The minimum absolute atomic E-state index is 0.0407. The fourth-order valence-corrected chi connectivity index (χ4v) is 2.16. The molecule has 104 valence electrons. The van der Waals surface area contributed by atoms with E-state index in [1.807, 2.05) is 6.92 Å². The summed E-state index contributed by atoms with van der Waals surface area (Å²) in [5.74, 6) is -0.481. The molecule has 3 nitrogen and oxygen atoms in total. The van der Waals surface area contributed by atoms with E-state index in [-0.39, 0.29) is 30.9 Å². The molecule has 2 rings (SSSR count). The Bertz CT molecular complexity index is 443. The number of hydrogen-bond acceptors (Lipinski definition) is 2. The number of carbonyl (C=O) groups is 1. The zero-order valence-electron chi connectivity index (χ0n) is 10.9. The van der Waals surface area contributed by atoms with Crippen LogP contribution in [0.5, 0.6) is 0 Å². The van der Waals surface area contributed by atoms with Crippen LogP contribution in [0.2, 0.25) is 5.02 Å². The van der Waals surface area contributed by atoms with Crippen LogP contribution in [0.25, 0.3) is 0 Å². The summed E-state index contributed by atoms with van der Waals surface area (Å²) in [5.41, 5.74) is 0.376. The summed E-state index contributed by atoms with van der Waals surface area (Å²) in [6, 6.07) is 4.76. The van der Waals surface area contributed by atoms with Gasteiger partial charge in [-0.15, -0.1) is 0 Å². The Labute approximate surface area is 117 Å². The first-order valence-corrected chi connectivity index (χ1v) is 6.81. The van der Waals surface area contributed by atoms with Crippen molar-refractivity contribution in [1.82, 2.24) is 4.90 Å². The average Bonchev–Trinajstić information content (AvgIpc) is 3.20. The molecule has 0 atom stereocenters. The topological polar surface area (TPSA) is 29.5 Å². The van der Waals surface area contributed by atoms with Gasteiger partial charge in [0.05, 0.1) is 6.54 Å². The highest BCUT2D eigenvalue weighted by atomic mass is 35.5. The van der Waals surface area contributed by atoms with Crippen molar-refractivity contribution < 1.29 is 13.9 Å². The number of hydrogen-bond donors (Lipinski definition) is 0. The minimum Gasteiger partial charge on any atom is -0.372 e. The molecule has 1 amide bonds. The molecule has 19 heavy (non-hydrogen) atoms. The molecule has 0 aliphatic heterocycles. The quantitative estimate of drug-likeness (QED) is 0.804. The first-order valence-electron chi connectivity index (χ1n) is 6.43. The monoisotopic (exact) mass is 285 g/mol. The van der Waals surface area contributed by atoms with E-state index in [2.05, 4.69) is 0 Å². The lowest BCUT2D eigenvalue weighted by Crippen LogP contribution is -2.35. The second kappa shape index (κ2) is 6.35. The van der Waals surface area contributed by atoms with E-state index < -0.39 is 0 Å². The maximum Gasteiger partial charge on any atom is 0.249 e. The molecular formula is C14H17ClFNO2. The molecule has 0 aromatic heterocycles. The molecule has 1 aromatic rings. The molecule has 0 unspecified atom stereocenters. The van der Waals surface area contributed by atoms with Crippen LogP contribution in [0.4, 0.5) is 4.39 Å². The van der Waals surface area contributed by atoms with E-state index in [1.54, 1.807) is 17.0 Å². The van der Waals surface area contributed by atoms with E-state index in [9.17, 15) is 9.18 Å². The number of benzene rings is 1. The summed E-state index contributed by atoms with van der Waals surface area (Å²) in [6.07, 6.45) is 1.92. The average molecular weight is 286 g/mol. The summed E-state index contributed by atoms with van der Waals surface area (Å²) >= 11 is 6.00. The Morgan fingerprint density at radius 2 is 2.26 bits per heavy atom. The molecule has 1 aliphatic carbocycles. The summed E-state index contributed by atoms with van der Waals surface area (Å²) in [6.45, 7) is 2.58. The standard InChI is InChI=1S/C14H17ClFNO2/c1-2-19-9-14(18)17(10-6-7-10)8-11-12(15)4-3-5-13(11)16/h3-5,10H,2,6-9H2,1H3. The Morgan fingerprint density at radius 1 is 1.53 bits per heavy atom. The molecule has 0 heterocycles. The van der Waals surface area contributed by atoms with Gasteiger partial charge in [0, 0.05) is 23.2 Å². The van der Waals surface area contributed by atoms with Gasteiger partial charge in [0.15, 0.2) is 0 Å². The van der Waals surface area contributed by atoms with Crippen LogP contribution in [0.1, 0.15) is 25.3 Å². The number of amides is 1. The molecule has 0 bridgehead atoms. The predicted molar refractivity (Wildman–Crippen MR) is 71.5 cm³/mol. The van der Waals surface area contributed by atoms with Gasteiger partial charge in [-0.25, -0.2) is 4.39 Å². The highest BCUT2D eigenvalue weighted by Crippen LogP contribution is 2.30. The van der Waals surface area contributed by atoms with Gasteiger partial charge in [0.25, 0.3) is 0 Å². The van der Waals surface area contributed by atoms with Crippen LogP contribution in [0.3, 0.4) is 0 Å². The predicted octanol–water partition coefficient (Wildman–Crippen LogP) is 3.01. The van der Waals surface area contributed by atoms with Crippen LogP contribution in [-0.2, 0) is 16.1 Å². The first-order chi connectivity index (χ1) is 9.13. The fraction of sp³-hybridized carbons (Fsp3) is 0.500. The molecular weight excluding hydrogens is 269 g/mol. The van der Waals surface area contributed by atoms with Crippen LogP contribution in [0, 0.1) is 5.82 Å². The Balaban J connectivity index is 2.10. The van der Waals surface area contributed by atoms with Gasteiger partial charge in [-0.2, -0.15) is 0 Å². The summed E-state index contributed by atoms with van der Waals surface area (Å²) < 4.78 is 18.9. The van der Waals surface area contributed by atoms with E-state index in [0.717, 1.165) is 12.8 Å². The van der Waals surface area contributed by atoms with Crippen molar-refractivity contribution in [2.75, 3.05) is 13.2 Å². The molecule has 0 saturated heterocycles. The van der Waals surface area contributed by atoms with E-state index in [4.69, 9.17) is 16.3 Å². The highest BCUT2D eigenvalue weighted by Gasteiger charge is 2.33. The van der Waals surface area contributed by atoms with Crippen molar-refractivity contribution >= 4 is 17.5 Å². The van der Waals surface area contributed by atoms with E-state index >= 15 is 0 Å². The van der Waals surface area contributed by atoms with Gasteiger partial charge in [0.1, 0.15) is 12.4 Å². The summed E-state index contributed by atoms with van der Waals surface area (Å²) in [7, 11) is 0. The molecule has 1 aromatic carbocycles. The van der Waals surface area contributed by atoms with Crippen LogP contribution < -0.4 is 0 Å². The molecule has 0 spiro atoms. The highest BCUT2D eigenvalue weighted by molar-refractivity contribution is 6.31. The third-order valence-corrected chi connectivity index (χ3v) is 3.48. The molecule has 0 N–H and O–H groups in total. The molecule has 5 heteroatoms. The molecule has 1 fully saturated rings. The number of halogens is 2. The van der Waals surface area contributed by atoms with Gasteiger partial charge >= 0.3 is 0 Å². The lowest BCUT2D eigenvalue weighted by atomic mass is 10.2. The van der Waals surface area contributed by atoms with Crippen LogP contribution in [-0.4, -0.2) is 30.1 Å². The summed E-state index contributed by atoms with van der Waals surface area (Å²) in [4.78, 5) is 13.7. The van der Waals surface area contributed by atoms with Crippen molar-refractivity contribution in [3.8, 4) is 0 Å². The van der Waals surface area contributed by atoms with Crippen LogP contribution in [0.15, 0.2) is 18.2 Å². The molecule has 1 aliphatic rings. The maximum absolute atomic E-state index is 13.8. The Kier molecular flexibility index (Phi) is 4.77. The fourth-order valence-electron chi connectivity index (χ4n) is 1.93. The zero-order chi connectivity index (χ0) is 13.8. The van der Waals surface area contributed by atoms with E-state index in [0.29, 0.717) is 17.2 Å². The Morgan fingerprint density at radius 3 is 2.84 bits per heavy atom. The minimum atomic E-state index is -0.373. The maximum atomic E-state index is 13.8. The Hall–Kier alpha value is -1.13. The lowest BCUT2D eigenvalue weighted by Gasteiger charge is -2.23. The number of carbonyl (C=O) groups excluding carboxylic acids is 1. The third kappa shape index (κ3) is 3.67. The number of nitrogens with zero attached hydrogens (tertiary/aromatic N) is 1. The van der Waals surface area contributed by atoms with Gasteiger partial charge < -0.3 is 9.64 Å². The SMILES string of the molecule is CCOCC(=O)N(Cc1c(F)cccc1Cl)C1CC1. The largest absolute Gasteiger partial charge is 0.372 e. The van der Waals surface area contributed by atoms with Crippen molar-refractivity contribution in [1.29, 1.82) is 0 Å².